The Balaban J connectivity index is 1.70. The number of aromatic nitrogens is 1. The van der Waals surface area contributed by atoms with Gasteiger partial charge in [0.2, 0.25) is 0 Å². The highest BCUT2D eigenvalue weighted by atomic mass is 16.7. The first-order valence-electron chi connectivity index (χ1n) is 8.50. The summed E-state index contributed by atoms with van der Waals surface area (Å²) in [6.07, 6.45) is 1.66. The molecule has 0 spiro atoms. The standard InChI is InChI=1S/C19H22BNO4/c1-17(2)18(3,4)25-20(24-17)14-8-5-7-13(11-14)19(22)12-23-15-9-6-10-21-16(15)19/h5-11,22H,12H2,1-4H3/t19-/m1/s1. The van der Waals surface area contributed by atoms with Crippen LogP contribution in [0.4, 0.5) is 0 Å². The van der Waals surface area contributed by atoms with Crippen molar-refractivity contribution in [2.75, 3.05) is 6.61 Å². The highest BCUT2D eigenvalue weighted by Gasteiger charge is 2.52. The molecule has 2 aromatic rings. The van der Waals surface area contributed by atoms with E-state index < -0.39 is 23.9 Å². The molecule has 130 valence electrons. The van der Waals surface area contributed by atoms with Gasteiger partial charge in [-0.25, -0.2) is 0 Å². The molecule has 0 bridgehead atoms. The van der Waals surface area contributed by atoms with E-state index in [0.717, 1.165) is 11.0 Å². The zero-order valence-corrected chi connectivity index (χ0v) is 14.9. The minimum atomic E-state index is -1.27. The van der Waals surface area contributed by atoms with Crippen molar-refractivity contribution < 1.29 is 19.2 Å². The number of hydrogen-bond acceptors (Lipinski definition) is 5. The Bertz CT molecular complexity index is 807. The fourth-order valence-electron chi connectivity index (χ4n) is 3.21. The molecule has 0 saturated carbocycles. The molecule has 1 N–H and O–H groups in total. The van der Waals surface area contributed by atoms with Crippen LogP contribution >= 0.6 is 0 Å². The minimum absolute atomic E-state index is 0.145. The molecule has 2 aliphatic rings. The van der Waals surface area contributed by atoms with Gasteiger partial charge >= 0.3 is 7.12 Å². The lowest BCUT2D eigenvalue weighted by molar-refractivity contribution is 0.00578. The highest BCUT2D eigenvalue weighted by molar-refractivity contribution is 6.62. The van der Waals surface area contributed by atoms with Crippen LogP contribution in [0.3, 0.4) is 0 Å². The summed E-state index contributed by atoms with van der Waals surface area (Å²) in [5.74, 6) is 0.617. The van der Waals surface area contributed by atoms with E-state index in [4.69, 9.17) is 14.0 Å². The highest BCUT2D eigenvalue weighted by Crippen LogP contribution is 2.40. The molecular weight excluding hydrogens is 317 g/mol. The van der Waals surface area contributed by atoms with E-state index in [1.54, 1.807) is 12.3 Å². The topological polar surface area (TPSA) is 60.8 Å². The van der Waals surface area contributed by atoms with E-state index in [1.807, 2.05) is 58.0 Å². The smallest absolute Gasteiger partial charge is 0.488 e. The fourth-order valence-corrected chi connectivity index (χ4v) is 3.21. The minimum Gasteiger partial charge on any atom is -0.488 e. The van der Waals surface area contributed by atoms with Crippen LogP contribution in [-0.2, 0) is 14.9 Å². The predicted octanol–water partition coefficient (Wildman–Crippen LogP) is 2.01. The predicted molar refractivity (Wildman–Crippen MR) is 94.9 cm³/mol. The number of fused-ring (bicyclic) bond motifs is 1. The molecule has 0 aliphatic carbocycles. The summed E-state index contributed by atoms with van der Waals surface area (Å²) in [6.45, 7) is 8.24. The number of nitrogens with zero attached hydrogens (tertiary/aromatic N) is 1. The number of aliphatic hydroxyl groups is 1. The summed E-state index contributed by atoms with van der Waals surface area (Å²) >= 11 is 0. The summed E-state index contributed by atoms with van der Waals surface area (Å²) < 4.78 is 17.9. The summed E-state index contributed by atoms with van der Waals surface area (Å²) in [7, 11) is -0.473. The number of rotatable bonds is 2. The first-order chi connectivity index (χ1) is 11.7. The summed E-state index contributed by atoms with van der Waals surface area (Å²) in [5.41, 5.74) is 0.0490. The van der Waals surface area contributed by atoms with E-state index in [9.17, 15) is 5.11 Å². The van der Waals surface area contributed by atoms with Gasteiger partial charge in [-0.05, 0) is 50.9 Å². The summed E-state index contributed by atoms with van der Waals surface area (Å²) in [6, 6.07) is 11.2. The summed E-state index contributed by atoms with van der Waals surface area (Å²) in [5, 5.41) is 11.2. The van der Waals surface area contributed by atoms with Gasteiger partial charge < -0.3 is 19.2 Å². The van der Waals surface area contributed by atoms with Gasteiger partial charge in [0.15, 0.2) is 5.60 Å². The molecule has 2 aliphatic heterocycles. The molecule has 6 heteroatoms. The van der Waals surface area contributed by atoms with E-state index in [-0.39, 0.29) is 6.61 Å². The molecule has 3 heterocycles. The molecule has 1 atom stereocenters. The van der Waals surface area contributed by atoms with E-state index in [2.05, 4.69) is 4.98 Å². The monoisotopic (exact) mass is 339 g/mol. The van der Waals surface area contributed by atoms with Crippen molar-refractivity contribution in [3.8, 4) is 5.75 Å². The van der Waals surface area contributed by atoms with Crippen molar-refractivity contribution in [3.63, 3.8) is 0 Å². The molecular formula is C19H22BNO4. The zero-order chi connectivity index (χ0) is 17.9. The first kappa shape index (κ1) is 16.6. The number of benzene rings is 1. The Morgan fingerprint density at radius 2 is 1.76 bits per heavy atom. The third-order valence-electron chi connectivity index (χ3n) is 5.49. The Hall–Kier alpha value is -1.89. The largest absolute Gasteiger partial charge is 0.494 e. The van der Waals surface area contributed by atoms with Crippen molar-refractivity contribution >= 4 is 12.6 Å². The SMILES string of the molecule is CC1(C)OB(c2cccc([C@]3(O)COc4cccnc43)c2)OC1(C)C. The van der Waals surface area contributed by atoms with Crippen LogP contribution in [0, 0.1) is 0 Å². The van der Waals surface area contributed by atoms with Gasteiger partial charge in [0.1, 0.15) is 18.1 Å². The number of hydrogen-bond donors (Lipinski definition) is 1. The first-order valence-corrected chi connectivity index (χ1v) is 8.50. The molecule has 0 amide bonds. The lowest BCUT2D eigenvalue weighted by Crippen LogP contribution is -2.41. The zero-order valence-electron chi connectivity index (χ0n) is 14.9. The average molecular weight is 339 g/mol. The third kappa shape index (κ3) is 2.48. The number of pyridine rings is 1. The van der Waals surface area contributed by atoms with Crippen LogP contribution < -0.4 is 10.2 Å². The van der Waals surface area contributed by atoms with Gasteiger partial charge in [0.05, 0.1) is 11.2 Å². The van der Waals surface area contributed by atoms with Crippen molar-refractivity contribution in [1.29, 1.82) is 0 Å². The van der Waals surface area contributed by atoms with Crippen molar-refractivity contribution in [3.05, 3.63) is 53.9 Å². The molecule has 0 unspecified atom stereocenters. The van der Waals surface area contributed by atoms with Gasteiger partial charge in [-0.15, -0.1) is 0 Å². The molecule has 1 aromatic heterocycles. The summed E-state index contributed by atoms with van der Waals surface area (Å²) in [4.78, 5) is 4.32. The van der Waals surface area contributed by atoms with Gasteiger partial charge in [0.25, 0.3) is 0 Å². The van der Waals surface area contributed by atoms with Gasteiger partial charge in [0, 0.05) is 6.20 Å². The Morgan fingerprint density at radius 1 is 1.04 bits per heavy atom. The molecule has 1 saturated heterocycles. The maximum atomic E-state index is 11.2. The second-order valence-corrected chi connectivity index (χ2v) is 7.71. The van der Waals surface area contributed by atoms with Crippen molar-refractivity contribution in [2.45, 2.75) is 44.5 Å². The maximum Gasteiger partial charge on any atom is 0.494 e. The van der Waals surface area contributed by atoms with Crippen LogP contribution in [0.2, 0.25) is 0 Å². The molecule has 1 aromatic carbocycles. The Morgan fingerprint density at radius 3 is 2.48 bits per heavy atom. The van der Waals surface area contributed by atoms with Crippen LogP contribution in [0.25, 0.3) is 0 Å². The van der Waals surface area contributed by atoms with Crippen LogP contribution in [0.15, 0.2) is 42.6 Å². The molecule has 5 nitrogen and oxygen atoms in total. The Labute approximate surface area is 148 Å². The maximum absolute atomic E-state index is 11.2. The molecule has 25 heavy (non-hydrogen) atoms. The Kier molecular flexibility index (Phi) is 3.52. The molecule has 0 radical (unpaired) electrons. The van der Waals surface area contributed by atoms with Crippen LogP contribution in [-0.4, -0.2) is 35.0 Å². The second-order valence-electron chi connectivity index (χ2n) is 7.71. The van der Waals surface area contributed by atoms with Crippen LogP contribution in [0.5, 0.6) is 5.75 Å². The molecule has 4 rings (SSSR count). The van der Waals surface area contributed by atoms with E-state index >= 15 is 0 Å². The third-order valence-corrected chi connectivity index (χ3v) is 5.49. The number of ether oxygens (including phenoxy) is 1. The van der Waals surface area contributed by atoms with Gasteiger partial charge in [-0.2, -0.15) is 0 Å². The lowest BCUT2D eigenvalue weighted by atomic mass is 9.76. The average Bonchev–Trinajstić information content (AvgIpc) is 3.03. The van der Waals surface area contributed by atoms with Crippen molar-refractivity contribution in [1.82, 2.24) is 4.98 Å². The van der Waals surface area contributed by atoms with E-state index in [1.165, 1.54) is 0 Å². The van der Waals surface area contributed by atoms with E-state index in [0.29, 0.717) is 11.4 Å². The fraction of sp³-hybridized carbons (Fsp3) is 0.421. The van der Waals surface area contributed by atoms with Gasteiger partial charge in [-0.3, -0.25) is 4.98 Å². The quantitative estimate of drug-likeness (QED) is 0.848. The van der Waals surface area contributed by atoms with Crippen LogP contribution in [0.1, 0.15) is 39.0 Å². The normalized spacial score (nSPS) is 26.4. The lowest BCUT2D eigenvalue weighted by Gasteiger charge is -2.32. The van der Waals surface area contributed by atoms with Gasteiger partial charge in [-0.1, -0.05) is 24.3 Å². The second kappa shape index (κ2) is 5.30. The van der Waals surface area contributed by atoms with Crippen molar-refractivity contribution in [2.24, 2.45) is 0 Å². The molecule has 1 fully saturated rings.